The molecular formula is C17H16O3. The molecule has 0 saturated carbocycles. The van der Waals surface area contributed by atoms with Gasteiger partial charge in [0, 0.05) is 12.5 Å². The molecule has 102 valence electrons. The molecule has 0 N–H and O–H groups in total. The summed E-state index contributed by atoms with van der Waals surface area (Å²) in [6.07, 6.45) is -0.292. The molecule has 0 bridgehead atoms. The van der Waals surface area contributed by atoms with E-state index in [-0.39, 0.29) is 18.0 Å². The number of hydrogen-bond donors (Lipinski definition) is 0. The van der Waals surface area contributed by atoms with Crippen LogP contribution in [0, 0.1) is 0 Å². The van der Waals surface area contributed by atoms with E-state index in [1.807, 2.05) is 54.6 Å². The summed E-state index contributed by atoms with van der Waals surface area (Å²) < 4.78 is 11.4. The lowest BCUT2D eigenvalue weighted by atomic mass is 9.87. The van der Waals surface area contributed by atoms with Crippen molar-refractivity contribution in [3.05, 3.63) is 65.7 Å². The summed E-state index contributed by atoms with van der Waals surface area (Å²) in [5.74, 6) is 0.550. The van der Waals surface area contributed by atoms with E-state index in [9.17, 15) is 4.79 Å². The van der Waals surface area contributed by atoms with Gasteiger partial charge in [0.25, 0.3) is 0 Å². The van der Waals surface area contributed by atoms with Gasteiger partial charge in [-0.2, -0.15) is 0 Å². The molecule has 2 atom stereocenters. The summed E-state index contributed by atoms with van der Waals surface area (Å²) >= 11 is 0. The molecule has 2 aromatic rings. The second-order valence-corrected chi connectivity index (χ2v) is 4.90. The van der Waals surface area contributed by atoms with Crippen LogP contribution < -0.4 is 4.74 Å². The average molecular weight is 268 g/mol. The van der Waals surface area contributed by atoms with Gasteiger partial charge in [0.15, 0.2) is 0 Å². The predicted molar refractivity (Wildman–Crippen MR) is 75.6 cm³/mol. The molecule has 3 heteroatoms. The van der Waals surface area contributed by atoms with E-state index in [1.165, 1.54) is 6.92 Å². The van der Waals surface area contributed by atoms with Crippen molar-refractivity contribution in [3.63, 3.8) is 0 Å². The summed E-state index contributed by atoms with van der Waals surface area (Å²) in [5.41, 5.74) is 2.05. The first kappa shape index (κ1) is 12.7. The Bertz CT molecular complexity index is 607. The first-order chi connectivity index (χ1) is 9.75. The van der Waals surface area contributed by atoms with Crippen molar-refractivity contribution in [1.29, 1.82) is 0 Å². The van der Waals surface area contributed by atoms with Crippen molar-refractivity contribution in [2.24, 2.45) is 0 Å². The minimum Gasteiger partial charge on any atom is -0.492 e. The van der Waals surface area contributed by atoms with Crippen molar-refractivity contribution in [2.75, 3.05) is 6.61 Å². The van der Waals surface area contributed by atoms with Gasteiger partial charge in [-0.25, -0.2) is 0 Å². The third-order valence-electron chi connectivity index (χ3n) is 3.53. The Morgan fingerprint density at radius 3 is 2.55 bits per heavy atom. The zero-order valence-electron chi connectivity index (χ0n) is 11.3. The molecule has 20 heavy (non-hydrogen) atoms. The first-order valence-corrected chi connectivity index (χ1v) is 6.69. The fourth-order valence-corrected chi connectivity index (χ4v) is 2.63. The maximum Gasteiger partial charge on any atom is 0.303 e. The smallest absolute Gasteiger partial charge is 0.303 e. The van der Waals surface area contributed by atoms with Gasteiger partial charge in [-0.05, 0) is 11.6 Å². The van der Waals surface area contributed by atoms with Crippen LogP contribution in [0.1, 0.15) is 30.1 Å². The minimum absolute atomic E-state index is 0.0231. The van der Waals surface area contributed by atoms with E-state index in [0.29, 0.717) is 6.61 Å². The highest BCUT2D eigenvalue weighted by atomic mass is 16.6. The fourth-order valence-electron chi connectivity index (χ4n) is 2.63. The highest BCUT2D eigenvalue weighted by Gasteiger charge is 2.34. The summed E-state index contributed by atoms with van der Waals surface area (Å²) in [4.78, 5) is 11.4. The quantitative estimate of drug-likeness (QED) is 0.782. The number of ether oxygens (including phenoxy) is 2. The van der Waals surface area contributed by atoms with Crippen LogP contribution in [0.4, 0.5) is 0 Å². The Labute approximate surface area is 118 Å². The van der Waals surface area contributed by atoms with Crippen LogP contribution in [0.15, 0.2) is 54.6 Å². The molecule has 0 radical (unpaired) electrons. The van der Waals surface area contributed by atoms with Crippen LogP contribution in [0.2, 0.25) is 0 Å². The molecule has 0 unspecified atom stereocenters. The number of carbonyl (C=O) groups is 1. The SMILES string of the molecule is CC(=O)O[C@H]1c2ccccc2OC[C@@H]1c1ccccc1. The Hall–Kier alpha value is -2.29. The van der Waals surface area contributed by atoms with Gasteiger partial charge >= 0.3 is 5.97 Å². The van der Waals surface area contributed by atoms with Gasteiger partial charge in [0.05, 0.1) is 12.5 Å². The monoisotopic (exact) mass is 268 g/mol. The molecule has 0 spiro atoms. The van der Waals surface area contributed by atoms with Crippen molar-refractivity contribution >= 4 is 5.97 Å². The van der Waals surface area contributed by atoms with Crippen LogP contribution in [0.5, 0.6) is 5.75 Å². The topological polar surface area (TPSA) is 35.5 Å². The first-order valence-electron chi connectivity index (χ1n) is 6.69. The van der Waals surface area contributed by atoms with E-state index in [1.54, 1.807) is 0 Å². The van der Waals surface area contributed by atoms with E-state index >= 15 is 0 Å². The summed E-state index contributed by atoms with van der Waals surface area (Å²) in [7, 11) is 0. The van der Waals surface area contributed by atoms with E-state index in [2.05, 4.69) is 0 Å². The molecule has 2 aromatic carbocycles. The van der Waals surface area contributed by atoms with Crippen LogP contribution in [0.3, 0.4) is 0 Å². The van der Waals surface area contributed by atoms with E-state index in [4.69, 9.17) is 9.47 Å². The average Bonchev–Trinajstić information content (AvgIpc) is 2.48. The van der Waals surface area contributed by atoms with Crippen LogP contribution in [-0.4, -0.2) is 12.6 Å². The molecule has 1 aliphatic heterocycles. The van der Waals surface area contributed by atoms with Crippen molar-refractivity contribution in [3.8, 4) is 5.75 Å². The number of para-hydroxylation sites is 1. The van der Waals surface area contributed by atoms with Gasteiger partial charge < -0.3 is 9.47 Å². The third kappa shape index (κ3) is 2.39. The summed E-state index contributed by atoms with van der Waals surface area (Å²) in [5, 5.41) is 0. The molecule has 0 aromatic heterocycles. The zero-order chi connectivity index (χ0) is 13.9. The van der Waals surface area contributed by atoms with Gasteiger partial charge in [0.1, 0.15) is 11.9 Å². The fraction of sp³-hybridized carbons (Fsp3) is 0.235. The predicted octanol–water partition coefficient (Wildman–Crippen LogP) is 3.47. The molecular weight excluding hydrogens is 252 g/mol. The number of fused-ring (bicyclic) bond motifs is 1. The lowest BCUT2D eigenvalue weighted by Gasteiger charge is -2.33. The number of hydrogen-bond acceptors (Lipinski definition) is 3. The van der Waals surface area contributed by atoms with E-state index in [0.717, 1.165) is 16.9 Å². The van der Waals surface area contributed by atoms with Gasteiger partial charge in [-0.15, -0.1) is 0 Å². The standard InChI is InChI=1S/C17H16O3/c1-12(18)20-17-14-9-5-6-10-16(14)19-11-15(17)13-7-3-2-4-8-13/h2-10,15,17H,11H2,1H3/t15-,17+/m1/s1. The lowest BCUT2D eigenvalue weighted by molar-refractivity contribution is -0.149. The molecule has 0 amide bonds. The zero-order valence-corrected chi connectivity index (χ0v) is 11.3. The second kappa shape index (κ2) is 5.37. The maximum absolute atomic E-state index is 11.4. The molecule has 1 aliphatic rings. The Morgan fingerprint density at radius 2 is 1.80 bits per heavy atom. The second-order valence-electron chi connectivity index (χ2n) is 4.90. The Morgan fingerprint density at radius 1 is 1.10 bits per heavy atom. The largest absolute Gasteiger partial charge is 0.492 e. The number of benzene rings is 2. The highest BCUT2D eigenvalue weighted by Crippen LogP contribution is 2.42. The van der Waals surface area contributed by atoms with Crippen molar-refractivity contribution < 1.29 is 14.3 Å². The summed E-state index contributed by atoms with van der Waals surface area (Å²) in [6, 6.07) is 17.8. The Balaban J connectivity index is 2.01. The van der Waals surface area contributed by atoms with Crippen LogP contribution in [-0.2, 0) is 9.53 Å². The van der Waals surface area contributed by atoms with E-state index < -0.39 is 0 Å². The summed E-state index contributed by atoms with van der Waals surface area (Å²) in [6.45, 7) is 1.96. The number of rotatable bonds is 2. The molecule has 0 fully saturated rings. The highest BCUT2D eigenvalue weighted by molar-refractivity contribution is 5.66. The lowest BCUT2D eigenvalue weighted by Crippen LogP contribution is -2.27. The molecule has 3 rings (SSSR count). The minimum atomic E-state index is -0.292. The molecule has 0 saturated heterocycles. The Kier molecular flexibility index (Phi) is 3.42. The van der Waals surface area contributed by atoms with Gasteiger partial charge in [0.2, 0.25) is 0 Å². The van der Waals surface area contributed by atoms with Crippen molar-refractivity contribution in [2.45, 2.75) is 18.9 Å². The van der Waals surface area contributed by atoms with Crippen LogP contribution >= 0.6 is 0 Å². The normalized spacial score (nSPS) is 20.6. The van der Waals surface area contributed by atoms with Crippen molar-refractivity contribution in [1.82, 2.24) is 0 Å². The third-order valence-corrected chi connectivity index (χ3v) is 3.53. The molecule has 0 aliphatic carbocycles. The van der Waals surface area contributed by atoms with Gasteiger partial charge in [-0.1, -0.05) is 48.5 Å². The maximum atomic E-state index is 11.4. The van der Waals surface area contributed by atoms with Gasteiger partial charge in [-0.3, -0.25) is 4.79 Å². The molecule has 1 heterocycles. The number of carbonyl (C=O) groups excluding carboxylic acids is 1. The number of esters is 1. The van der Waals surface area contributed by atoms with Crippen LogP contribution in [0.25, 0.3) is 0 Å². The molecule has 3 nitrogen and oxygen atoms in total.